The van der Waals surface area contributed by atoms with Crippen LogP contribution in [0.1, 0.15) is 12.8 Å². The molecule has 1 fully saturated rings. The molecule has 1 saturated heterocycles. The van der Waals surface area contributed by atoms with Crippen molar-refractivity contribution < 1.29 is 13.7 Å². The van der Waals surface area contributed by atoms with Gasteiger partial charge in [0.25, 0.3) is 0 Å². The maximum Gasteiger partial charge on any atom is 0.158 e. The van der Waals surface area contributed by atoms with Crippen LogP contribution in [-0.2, 0) is 20.3 Å². The Labute approximate surface area is 121 Å². The summed E-state index contributed by atoms with van der Waals surface area (Å²) in [5, 5.41) is 2.30. The highest BCUT2D eigenvalue weighted by molar-refractivity contribution is 7.85. The van der Waals surface area contributed by atoms with Crippen LogP contribution in [0.3, 0.4) is 0 Å². The molecule has 20 heavy (non-hydrogen) atoms. The second-order valence-corrected chi connectivity index (χ2v) is 6.44. The van der Waals surface area contributed by atoms with Crippen molar-refractivity contribution in [2.75, 3.05) is 19.0 Å². The molecule has 2 aromatic carbocycles. The summed E-state index contributed by atoms with van der Waals surface area (Å²) in [5.41, 5.74) is 0. The monoisotopic (exact) mass is 290 g/mol. The summed E-state index contributed by atoms with van der Waals surface area (Å²) in [6.07, 6.45) is 1.44. The van der Waals surface area contributed by atoms with E-state index in [1.165, 1.54) is 5.39 Å². The molecule has 1 unspecified atom stereocenters. The van der Waals surface area contributed by atoms with Gasteiger partial charge in [0.2, 0.25) is 0 Å². The van der Waals surface area contributed by atoms with E-state index in [4.69, 9.17) is 9.47 Å². The molecule has 1 heterocycles. The largest absolute Gasteiger partial charge is 0.353 e. The Balaban J connectivity index is 1.65. The first kappa shape index (κ1) is 13.7. The molecular formula is C16H18O3S. The number of hydrogen-bond donors (Lipinski definition) is 0. The van der Waals surface area contributed by atoms with Crippen molar-refractivity contribution >= 4 is 21.6 Å². The number of hydrogen-bond acceptors (Lipinski definition) is 3. The van der Waals surface area contributed by atoms with Crippen molar-refractivity contribution in [3.05, 3.63) is 42.5 Å². The maximum atomic E-state index is 12.3. The van der Waals surface area contributed by atoms with Gasteiger partial charge in [-0.1, -0.05) is 30.3 Å². The molecule has 1 atom stereocenters. The Morgan fingerprint density at radius 3 is 2.60 bits per heavy atom. The van der Waals surface area contributed by atoms with Gasteiger partial charge in [-0.3, -0.25) is 4.21 Å². The molecule has 0 bridgehead atoms. The van der Waals surface area contributed by atoms with Gasteiger partial charge in [0, 0.05) is 17.1 Å². The van der Waals surface area contributed by atoms with E-state index >= 15 is 0 Å². The molecule has 1 aliphatic rings. The third-order valence-corrected chi connectivity index (χ3v) is 4.81. The van der Waals surface area contributed by atoms with E-state index < -0.39 is 10.8 Å². The van der Waals surface area contributed by atoms with Gasteiger partial charge in [-0.2, -0.15) is 0 Å². The van der Waals surface area contributed by atoms with E-state index in [2.05, 4.69) is 6.07 Å². The molecule has 0 aliphatic carbocycles. The fraction of sp³-hybridized carbons (Fsp3) is 0.375. The third-order valence-electron chi connectivity index (χ3n) is 3.42. The van der Waals surface area contributed by atoms with Crippen molar-refractivity contribution in [3.63, 3.8) is 0 Å². The van der Waals surface area contributed by atoms with Crippen LogP contribution in [0.25, 0.3) is 10.8 Å². The fourth-order valence-corrected chi connectivity index (χ4v) is 3.45. The van der Waals surface area contributed by atoms with Gasteiger partial charge in [0.05, 0.1) is 24.0 Å². The number of ether oxygens (including phenoxy) is 2. The zero-order valence-electron chi connectivity index (χ0n) is 11.3. The third kappa shape index (κ3) is 3.26. The van der Waals surface area contributed by atoms with Gasteiger partial charge in [-0.15, -0.1) is 0 Å². The highest BCUT2D eigenvalue weighted by Crippen LogP contribution is 2.19. The summed E-state index contributed by atoms with van der Waals surface area (Å²) in [5.74, 6) is 0.572. The lowest BCUT2D eigenvalue weighted by Crippen LogP contribution is -2.26. The lowest BCUT2D eigenvalue weighted by atomic mass is 10.1. The minimum absolute atomic E-state index is 0.187. The van der Waals surface area contributed by atoms with Crippen LogP contribution in [0.2, 0.25) is 0 Å². The van der Waals surface area contributed by atoms with Gasteiger partial charge in [0.1, 0.15) is 0 Å². The van der Waals surface area contributed by atoms with Crippen molar-refractivity contribution in [1.82, 2.24) is 0 Å². The van der Waals surface area contributed by atoms with Crippen LogP contribution in [0, 0.1) is 0 Å². The maximum absolute atomic E-state index is 12.3. The van der Waals surface area contributed by atoms with Crippen molar-refractivity contribution in [2.45, 2.75) is 24.0 Å². The molecule has 0 amide bonds. The van der Waals surface area contributed by atoms with Crippen LogP contribution in [-0.4, -0.2) is 29.5 Å². The van der Waals surface area contributed by atoms with Gasteiger partial charge < -0.3 is 9.47 Å². The molecule has 0 saturated carbocycles. The molecule has 3 rings (SSSR count). The first-order valence-electron chi connectivity index (χ1n) is 6.93. The van der Waals surface area contributed by atoms with Crippen LogP contribution in [0.5, 0.6) is 0 Å². The summed E-state index contributed by atoms with van der Waals surface area (Å²) in [7, 11) is -1.00. The Morgan fingerprint density at radius 1 is 1.05 bits per heavy atom. The minimum Gasteiger partial charge on any atom is -0.353 e. The van der Waals surface area contributed by atoms with Gasteiger partial charge in [-0.25, -0.2) is 0 Å². The molecule has 0 spiro atoms. The van der Waals surface area contributed by atoms with Crippen LogP contribution < -0.4 is 0 Å². The Hall–Kier alpha value is -1.23. The average Bonchev–Trinajstić information content (AvgIpc) is 2.53. The molecular weight excluding hydrogens is 272 g/mol. The van der Waals surface area contributed by atoms with E-state index in [1.807, 2.05) is 36.4 Å². The lowest BCUT2D eigenvalue weighted by Gasteiger charge is -2.22. The van der Waals surface area contributed by atoms with Gasteiger partial charge >= 0.3 is 0 Å². The summed E-state index contributed by atoms with van der Waals surface area (Å²) < 4.78 is 23.3. The molecule has 106 valence electrons. The summed E-state index contributed by atoms with van der Waals surface area (Å²) in [6.45, 7) is 1.49. The second kappa shape index (κ2) is 6.48. The molecule has 2 aromatic rings. The summed E-state index contributed by atoms with van der Waals surface area (Å²) in [6, 6.07) is 14.1. The van der Waals surface area contributed by atoms with E-state index in [9.17, 15) is 4.21 Å². The first-order valence-corrected chi connectivity index (χ1v) is 8.25. The standard InChI is InChI=1S/C16H18O3S/c17-20(11-8-16-18-9-3-10-19-16)15-7-6-13-4-1-2-5-14(13)12-15/h1-2,4-7,12,16H,3,8-11H2. The van der Waals surface area contributed by atoms with Crippen LogP contribution >= 0.6 is 0 Å². The summed E-state index contributed by atoms with van der Waals surface area (Å²) in [4.78, 5) is 0.875. The van der Waals surface area contributed by atoms with Gasteiger partial charge in [-0.05, 0) is 29.3 Å². The molecule has 1 aliphatic heterocycles. The highest BCUT2D eigenvalue weighted by Gasteiger charge is 2.15. The highest BCUT2D eigenvalue weighted by atomic mass is 32.2. The minimum atomic E-state index is -1.00. The normalized spacial score (nSPS) is 18.2. The van der Waals surface area contributed by atoms with E-state index in [0.717, 1.165) is 29.9 Å². The van der Waals surface area contributed by atoms with E-state index in [-0.39, 0.29) is 6.29 Å². The fourth-order valence-electron chi connectivity index (χ4n) is 2.33. The predicted octanol–water partition coefficient (Wildman–Crippen LogP) is 3.10. The average molecular weight is 290 g/mol. The predicted molar refractivity (Wildman–Crippen MR) is 80.1 cm³/mol. The Kier molecular flexibility index (Phi) is 4.45. The van der Waals surface area contributed by atoms with Gasteiger partial charge in [0.15, 0.2) is 6.29 Å². The smallest absolute Gasteiger partial charge is 0.158 e. The molecule has 4 heteroatoms. The van der Waals surface area contributed by atoms with Crippen molar-refractivity contribution in [3.8, 4) is 0 Å². The lowest BCUT2D eigenvalue weighted by molar-refractivity contribution is -0.178. The summed E-state index contributed by atoms with van der Waals surface area (Å²) >= 11 is 0. The van der Waals surface area contributed by atoms with E-state index in [0.29, 0.717) is 12.2 Å². The molecule has 0 aromatic heterocycles. The Morgan fingerprint density at radius 2 is 1.80 bits per heavy atom. The van der Waals surface area contributed by atoms with Crippen LogP contribution in [0.15, 0.2) is 47.4 Å². The number of fused-ring (bicyclic) bond motifs is 1. The topological polar surface area (TPSA) is 35.5 Å². The molecule has 0 N–H and O–H groups in total. The molecule has 0 radical (unpaired) electrons. The van der Waals surface area contributed by atoms with Crippen molar-refractivity contribution in [1.29, 1.82) is 0 Å². The number of rotatable bonds is 4. The van der Waals surface area contributed by atoms with Crippen molar-refractivity contribution in [2.24, 2.45) is 0 Å². The SMILES string of the molecule is O=S(CCC1OCCCO1)c1ccc2ccccc2c1. The second-order valence-electron chi connectivity index (χ2n) is 4.87. The van der Waals surface area contributed by atoms with E-state index in [1.54, 1.807) is 0 Å². The Bertz CT molecular complexity index is 605. The van der Waals surface area contributed by atoms with Crippen LogP contribution in [0.4, 0.5) is 0 Å². The molecule has 3 nitrogen and oxygen atoms in total. The zero-order valence-corrected chi connectivity index (χ0v) is 12.1. The number of benzene rings is 2. The first-order chi connectivity index (χ1) is 9.83. The zero-order chi connectivity index (χ0) is 13.8. The quantitative estimate of drug-likeness (QED) is 0.868.